The monoisotopic (exact) mass is 196 g/mol. The molecule has 11 heteroatoms. The molecule has 0 fully saturated rings. The van der Waals surface area contributed by atoms with Crippen LogP contribution in [0.1, 0.15) is 4.28 Å². The zero-order chi connectivity index (χ0) is 9.98. The Morgan fingerprint density at radius 2 is 1.15 bits per heavy atom. The third-order valence-corrected chi connectivity index (χ3v) is 0.298. The Balaban J connectivity index is -0.0000000250. The van der Waals surface area contributed by atoms with Crippen molar-refractivity contribution in [2.24, 2.45) is 0 Å². The van der Waals surface area contributed by atoms with Crippen LogP contribution in [0.4, 0.5) is 0 Å². The topological polar surface area (TPSA) is 158 Å². The summed E-state index contributed by atoms with van der Waals surface area (Å²) in [6, 6.07) is 0. The molecule has 64 valence electrons. The van der Waals surface area contributed by atoms with Gasteiger partial charge in [0.15, 0.2) is 14.6 Å². The predicted molar refractivity (Wildman–Crippen MR) is 28.2 cm³/mol. The van der Waals surface area contributed by atoms with Gasteiger partial charge < -0.3 is 29.4 Å². The van der Waals surface area contributed by atoms with E-state index in [9.17, 15) is 0 Å². The summed E-state index contributed by atoms with van der Waals surface area (Å²) in [5.41, 5.74) is 0. The third-order valence-electron chi connectivity index (χ3n) is 0.298. The van der Waals surface area contributed by atoms with E-state index >= 15 is 0 Å². The number of rotatable bonds is 2. The van der Waals surface area contributed by atoms with E-state index in [1.807, 2.05) is 0 Å². The van der Waals surface area contributed by atoms with Crippen molar-refractivity contribution in [3.05, 3.63) is 0 Å². The summed E-state index contributed by atoms with van der Waals surface area (Å²) in [4.78, 5) is 0. The van der Waals surface area contributed by atoms with Gasteiger partial charge in [-0.1, -0.05) is 0 Å². The molecule has 0 saturated heterocycles. The van der Waals surface area contributed by atoms with E-state index in [0.29, 0.717) is 0 Å². The summed E-state index contributed by atoms with van der Waals surface area (Å²) in [5.74, 6) is 0. The van der Waals surface area contributed by atoms with Crippen molar-refractivity contribution in [2.75, 3.05) is 0 Å². The number of hydrogen-bond donors (Lipinski definition) is 0. The standard InChI is InChI=1S/2CBNO3.Na/c2*3-1-6-2(4)5;/q2*-2;+1/p+3. The van der Waals surface area contributed by atoms with Crippen molar-refractivity contribution in [3.8, 4) is 12.5 Å². The molecule has 8 nitrogen and oxygen atoms in total. The zero-order valence-electron chi connectivity index (χ0n) is 9.50. The van der Waals surface area contributed by atoms with E-state index in [4.69, 9.17) is 30.6 Å². The molecule has 0 radical (unpaired) electrons. The minimum atomic E-state index is -2.46. The molecule has 0 N–H and O–H groups in total. The number of nitriles is 2. The normalized spacial score (nSPS) is 5.69. The quantitative estimate of drug-likeness (QED) is 0.310. The first-order valence-corrected chi connectivity index (χ1v) is 2.27. The maximum absolute atomic E-state index is 9.13. The van der Waals surface area contributed by atoms with Gasteiger partial charge in [-0.25, -0.2) is 0 Å². The van der Waals surface area contributed by atoms with Crippen LogP contribution in [0.25, 0.3) is 0 Å². The fraction of sp³-hybridized carbons (Fsp3) is 0. The summed E-state index contributed by atoms with van der Waals surface area (Å²) < 4.78 is 6.47. The Labute approximate surface area is 101 Å². The molecule has 0 atom stereocenters. The minimum Gasteiger partial charge on any atom is -0.859 e. The molecular formula is C2H3B2N2NaO6. The number of nitrogens with zero attached hydrogens (tertiary/aromatic N) is 2. The molecule has 0 aliphatic heterocycles. The molecule has 0 rings (SSSR count). The minimum absolute atomic E-state index is 0. The van der Waals surface area contributed by atoms with E-state index in [-0.39, 0.29) is 33.8 Å². The average Bonchev–Trinajstić information content (AvgIpc) is 1.87. The maximum atomic E-state index is 9.13. The first-order chi connectivity index (χ1) is 5.54. The molecular weight excluding hydrogens is 193 g/mol. The fourth-order valence-corrected chi connectivity index (χ4v) is 0.0861. The van der Waals surface area contributed by atoms with E-state index in [1.54, 1.807) is 0 Å². The molecule has 0 heterocycles. The SMILES string of the molecule is N#COB([O-])[O-].N#COB([O-])[O-].[H+].[H+].[H+].[Na+]. The molecule has 0 amide bonds. The van der Waals surface area contributed by atoms with Gasteiger partial charge in [0, 0.05) is 0 Å². The van der Waals surface area contributed by atoms with E-state index < -0.39 is 14.6 Å². The van der Waals surface area contributed by atoms with Crippen LogP contribution in [0.3, 0.4) is 0 Å². The Bertz CT molecular complexity index is 168. The molecule has 0 aliphatic rings. The first-order valence-electron chi connectivity index (χ1n) is 2.27. The largest absolute Gasteiger partial charge is 1.00 e. The van der Waals surface area contributed by atoms with Gasteiger partial charge in [0.05, 0.1) is 0 Å². The second kappa shape index (κ2) is 14.1. The molecule has 0 spiro atoms. The second-order valence-electron chi connectivity index (χ2n) is 0.996. The van der Waals surface area contributed by atoms with Gasteiger partial charge in [0.1, 0.15) is 0 Å². The van der Waals surface area contributed by atoms with Gasteiger partial charge in [0.25, 0.3) is 12.5 Å². The predicted octanol–water partition coefficient (Wildman–Crippen LogP) is -8.28. The van der Waals surface area contributed by atoms with E-state index in [2.05, 4.69) is 9.31 Å². The van der Waals surface area contributed by atoms with Gasteiger partial charge in [-0.05, 0) is 0 Å². The van der Waals surface area contributed by atoms with Crippen LogP contribution >= 0.6 is 0 Å². The van der Waals surface area contributed by atoms with Crippen molar-refractivity contribution in [1.29, 1.82) is 10.5 Å². The van der Waals surface area contributed by atoms with Crippen LogP contribution in [0.5, 0.6) is 0 Å². The molecule has 0 unspecified atom stereocenters. The summed E-state index contributed by atoms with van der Waals surface area (Å²) in [5, 5.41) is 51.2. The van der Waals surface area contributed by atoms with E-state index in [1.165, 1.54) is 0 Å². The summed E-state index contributed by atoms with van der Waals surface area (Å²) in [7, 11) is -4.93. The Morgan fingerprint density at radius 1 is 0.923 bits per heavy atom. The zero-order valence-corrected chi connectivity index (χ0v) is 8.50. The van der Waals surface area contributed by atoms with E-state index in [0.717, 1.165) is 12.5 Å². The maximum Gasteiger partial charge on any atom is 1.00 e. The van der Waals surface area contributed by atoms with Gasteiger partial charge in [-0.3, -0.25) is 0 Å². The third kappa shape index (κ3) is 34.2. The molecule has 13 heavy (non-hydrogen) atoms. The van der Waals surface area contributed by atoms with Gasteiger partial charge in [-0.2, -0.15) is 10.5 Å². The summed E-state index contributed by atoms with van der Waals surface area (Å²) in [6.07, 6.45) is 1.88. The number of hydrogen-bond acceptors (Lipinski definition) is 8. The molecule has 0 aromatic rings. The Kier molecular flexibility index (Phi) is 19.9. The van der Waals surface area contributed by atoms with Crippen molar-refractivity contribution >= 4 is 14.6 Å². The Hall–Kier alpha value is -0.450. The second-order valence-corrected chi connectivity index (χ2v) is 0.996. The average molecular weight is 196 g/mol. The van der Waals surface area contributed by atoms with Crippen molar-refractivity contribution in [2.45, 2.75) is 0 Å². The van der Waals surface area contributed by atoms with Crippen LogP contribution in [0.2, 0.25) is 0 Å². The van der Waals surface area contributed by atoms with Crippen molar-refractivity contribution in [3.63, 3.8) is 0 Å². The smallest absolute Gasteiger partial charge is 0.859 e. The van der Waals surface area contributed by atoms with Crippen LogP contribution < -0.4 is 49.7 Å². The van der Waals surface area contributed by atoms with Gasteiger partial charge in [-0.15, -0.1) is 0 Å². The molecule has 0 aromatic carbocycles. The van der Waals surface area contributed by atoms with Crippen LogP contribution in [0.15, 0.2) is 0 Å². The van der Waals surface area contributed by atoms with Crippen LogP contribution in [-0.4, -0.2) is 14.6 Å². The molecule has 0 saturated carbocycles. The molecule has 0 aromatic heterocycles. The van der Waals surface area contributed by atoms with Crippen LogP contribution in [0, 0.1) is 23.0 Å². The Morgan fingerprint density at radius 3 is 1.15 bits per heavy atom. The van der Waals surface area contributed by atoms with Crippen LogP contribution in [-0.2, 0) is 9.31 Å². The molecule has 0 aliphatic carbocycles. The van der Waals surface area contributed by atoms with Gasteiger partial charge >= 0.3 is 33.8 Å². The first kappa shape index (κ1) is 18.4. The fourth-order valence-electron chi connectivity index (χ4n) is 0.0861. The van der Waals surface area contributed by atoms with Crippen molar-refractivity contribution in [1.82, 2.24) is 0 Å². The van der Waals surface area contributed by atoms with Crippen molar-refractivity contribution < 1.29 is 63.2 Å². The summed E-state index contributed by atoms with van der Waals surface area (Å²) in [6.45, 7) is 0. The summed E-state index contributed by atoms with van der Waals surface area (Å²) >= 11 is 0. The van der Waals surface area contributed by atoms with Gasteiger partial charge in [0.2, 0.25) is 0 Å². The molecule has 0 bridgehead atoms.